The number of nitro groups is 1. The van der Waals surface area contributed by atoms with E-state index in [1.165, 1.54) is 12.1 Å². The van der Waals surface area contributed by atoms with Crippen LogP contribution in [0.4, 0.5) is 5.69 Å². The summed E-state index contributed by atoms with van der Waals surface area (Å²) in [6, 6.07) is 3.64. The minimum absolute atomic E-state index is 0.185. The molecule has 0 aliphatic rings. The fourth-order valence-corrected chi connectivity index (χ4v) is 1.07. The van der Waals surface area contributed by atoms with Crippen LogP contribution < -0.4 is 10.6 Å². The summed E-state index contributed by atoms with van der Waals surface area (Å²) in [5, 5.41) is 19.8. The van der Waals surface area contributed by atoms with Gasteiger partial charge in [-0.15, -0.1) is 0 Å². The smallest absolute Gasteiger partial charge is 0.273 e. The highest BCUT2D eigenvalue weighted by Gasteiger charge is 2.10. The topological polar surface area (TPSA) is 108 Å². The van der Waals surface area contributed by atoms with Gasteiger partial charge in [0.2, 0.25) is 0 Å². The Morgan fingerprint density at radius 3 is 2.75 bits per heavy atom. The molecular weight excluding hydrogens is 216 g/mol. The van der Waals surface area contributed by atoms with Crippen LogP contribution in [-0.4, -0.2) is 23.2 Å². The van der Waals surface area contributed by atoms with Crippen molar-refractivity contribution in [2.45, 2.75) is 6.42 Å². The Morgan fingerprint density at radius 2 is 2.19 bits per heavy atom. The zero-order valence-corrected chi connectivity index (χ0v) is 8.46. The molecule has 1 aromatic rings. The number of non-ortho nitro benzene ring substituents is 1. The Hall–Kier alpha value is -1.86. The number of nitro benzene ring substituents is 1. The molecule has 0 heterocycles. The molecule has 0 saturated carbocycles. The average Bonchev–Trinajstić information content (AvgIpc) is 2.26. The summed E-state index contributed by atoms with van der Waals surface area (Å²) in [7, 11) is 0. The van der Waals surface area contributed by atoms with E-state index in [-0.39, 0.29) is 17.2 Å². The number of nitrogens with zero attached hydrogens (tertiary/aromatic N) is 1. The first-order valence-corrected chi connectivity index (χ1v) is 4.57. The lowest BCUT2D eigenvalue weighted by atomic mass is 10.3. The highest BCUT2D eigenvalue weighted by molar-refractivity contribution is 5.47. The first-order valence-electron chi connectivity index (χ1n) is 4.57. The molecule has 0 aliphatic carbocycles. The number of rotatable bonds is 6. The number of phenolic OH excluding ortho intramolecular Hbond substituents is 1. The van der Waals surface area contributed by atoms with Crippen LogP contribution in [0.2, 0.25) is 0 Å². The van der Waals surface area contributed by atoms with Crippen molar-refractivity contribution in [3.05, 3.63) is 28.3 Å². The zero-order chi connectivity index (χ0) is 12.0. The third kappa shape index (κ3) is 3.37. The number of hydrogen-bond acceptors (Lipinski definition) is 6. The minimum Gasteiger partial charge on any atom is -0.504 e. The second kappa shape index (κ2) is 5.89. The van der Waals surface area contributed by atoms with Crippen molar-refractivity contribution in [2.24, 2.45) is 5.90 Å². The second-order valence-corrected chi connectivity index (χ2v) is 2.98. The molecule has 0 aliphatic heterocycles. The molecule has 1 aromatic carbocycles. The molecule has 3 N–H and O–H groups in total. The van der Waals surface area contributed by atoms with E-state index in [1.807, 2.05) is 0 Å². The fourth-order valence-electron chi connectivity index (χ4n) is 1.07. The Bertz CT molecular complexity index is 369. The molecule has 0 fully saturated rings. The van der Waals surface area contributed by atoms with Gasteiger partial charge in [-0.3, -0.25) is 10.1 Å². The van der Waals surface area contributed by atoms with Crippen LogP contribution in [0, 0.1) is 10.1 Å². The monoisotopic (exact) mass is 228 g/mol. The van der Waals surface area contributed by atoms with Crippen LogP contribution in [-0.2, 0) is 4.84 Å². The lowest BCUT2D eigenvalue weighted by Gasteiger charge is -2.06. The molecule has 88 valence electrons. The van der Waals surface area contributed by atoms with Crippen LogP contribution in [0.1, 0.15) is 6.42 Å². The third-order valence-electron chi connectivity index (χ3n) is 1.82. The summed E-state index contributed by atoms with van der Waals surface area (Å²) < 4.78 is 5.17. The van der Waals surface area contributed by atoms with Crippen molar-refractivity contribution >= 4 is 5.69 Å². The summed E-state index contributed by atoms with van der Waals surface area (Å²) in [5.41, 5.74) is -0.185. The summed E-state index contributed by atoms with van der Waals surface area (Å²) in [6.07, 6.45) is 0.562. The summed E-state index contributed by atoms with van der Waals surface area (Å²) in [6.45, 7) is 0.649. The van der Waals surface area contributed by atoms with Crippen LogP contribution >= 0.6 is 0 Å². The molecule has 16 heavy (non-hydrogen) atoms. The second-order valence-electron chi connectivity index (χ2n) is 2.98. The van der Waals surface area contributed by atoms with E-state index in [2.05, 4.69) is 4.84 Å². The van der Waals surface area contributed by atoms with Crippen LogP contribution in [0.5, 0.6) is 11.5 Å². The van der Waals surface area contributed by atoms with Crippen molar-refractivity contribution < 1.29 is 19.6 Å². The summed E-state index contributed by atoms with van der Waals surface area (Å²) in [4.78, 5) is 14.1. The number of benzene rings is 1. The van der Waals surface area contributed by atoms with Gasteiger partial charge in [0, 0.05) is 12.5 Å². The quantitative estimate of drug-likeness (QED) is 0.426. The number of phenols is 1. The lowest BCUT2D eigenvalue weighted by molar-refractivity contribution is -0.385. The number of nitrogens with two attached hydrogens (primary N) is 1. The highest BCUT2D eigenvalue weighted by atomic mass is 16.6. The molecule has 7 nitrogen and oxygen atoms in total. The van der Waals surface area contributed by atoms with E-state index in [4.69, 9.17) is 10.6 Å². The molecule has 0 spiro atoms. The van der Waals surface area contributed by atoms with Crippen LogP contribution in [0.25, 0.3) is 0 Å². The normalized spacial score (nSPS) is 10.1. The SMILES string of the molecule is NOCCCOc1ccc([N+](=O)[O-])cc1O. The van der Waals surface area contributed by atoms with Crippen molar-refractivity contribution in [1.29, 1.82) is 0 Å². The molecular formula is C9H12N2O5. The van der Waals surface area contributed by atoms with Gasteiger partial charge >= 0.3 is 0 Å². The maximum Gasteiger partial charge on any atom is 0.273 e. The molecule has 0 radical (unpaired) electrons. The molecule has 0 saturated heterocycles. The minimum atomic E-state index is -0.592. The third-order valence-corrected chi connectivity index (χ3v) is 1.82. The lowest BCUT2D eigenvalue weighted by Crippen LogP contribution is -2.06. The molecule has 0 bridgehead atoms. The predicted octanol–water partition coefficient (Wildman–Crippen LogP) is 0.960. The molecule has 0 unspecified atom stereocenters. The fraction of sp³-hybridized carbons (Fsp3) is 0.333. The molecule has 0 amide bonds. The number of hydrogen-bond donors (Lipinski definition) is 2. The Balaban J connectivity index is 2.57. The van der Waals surface area contributed by atoms with Gasteiger partial charge in [-0.25, -0.2) is 5.90 Å². The van der Waals surface area contributed by atoms with Gasteiger partial charge in [0.15, 0.2) is 11.5 Å². The molecule has 0 aromatic heterocycles. The van der Waals surface area contributed by atoms with Crippen molar-refractivity contribution in [3.63, 3.8) is 0 Å². The van der Waals surface area contributed by atoms with Gasteiger partial charge < -0.3 is 14.7 Å². The maximum atomic E-state index is 10.4. The van der Waals surface area contributed by atoms with Crippen molar-refractivity contribution in [1.82, 2.24) is 0 Å². The van der Waals surface area contributed by atoms with Gasteiger partial charge in [-0.1, -0.05) is 0 Å². The van der Waals surface area contributed by atoms with Crippen LogP contribution in [0.3, 0.4) is 0 Å². The van der Waals surface area contributed by atoms with Gasteiger partial charge in [0.1, 0.15) is 0 Å². The predicted molar refractivity (Wildman–Crippen MR) is 55.0 cm³/mol. The van der Waals surface area contributed by atoms with Gasteiger partial charge in [-0.05, 0) is 6.07 Å². The highest BCUT2D eigenvalue weighted by Crippen LogP contribution is 2.29. The Labute approximate surface area is 91.5 Å². The molecule has 0 atom stereocenters. The number of ether oxygens (including phenoxy) is 1. The maximum absolute atomic E-state index is 10.4. The molecule has 1 rings (SSSR count). The largest absolute Gasteiger partial charge is 0.504 e. The van der Waals surface area contributed by atoms with E-state index in [1.54, 1.807) is 0 Å². The Morgan fingerprint density at radius 1 is 1.44 bits per heavy atom. The van der Waals surface area contributed by atoms with Crippen molar-refractivity contribution in [2.75, 3.05) is 13.2 Å². The van der Waals surface area contributed by atoms with Gasteiger partial charge in [-0.2, -0.15) is 0 Å². The number of aromatic hydroxyl groups is 1. The van der Waals surface area contributed by atoms with E-state index in [0.29, 0.717) is 19.6 Å². The molecule has 7 heteroatoms. The first-order chi connectivity index (χ1) is 7.65. The van der Waals surface area contributed by atoms with E-state index in [0.717, 1.165) is 6.07 Å². The summed E-state index contributed by atoms with van der Waals surface area (Å²) in [5.74, 6) is 4.75. The Kier molecular flexibility index (Phi) is 4.49. The van der Waals surface area contributed by atoms with E-state index >= 15 is 0 Å². The zero-order valence-electron chi connectivity index (χ0n) is 8.46. The average molecular weight is 228 g/mol. The van der Waals surface area contributed by atoms with Gasteiger partial charge in [0.25, 0.3) is 5.69 Å². The van der Waals surface area contributed by atoms with Crippen LogP contribution in [0.15, 0.2) is 18.2 Å². The van der Waals surface area contributed by atoms with Crippen molar-refractivity contribution in [3.8, 4) is 11.5 Å². The van der Waals surface area contributed by atoms with E-state index < -0.39 is 4.92 Å². The van der Waals surface area contributed by atoms with Gasteiger partial charge in [0.05, 0.1) is 24.2 Å². The standard InChI is InChI=1S/C9H12N2O5/c10-16-5-1-4-15-9-3-2-7(11(13)14)6-8(9)12/h2-3,6,12H,1,4-5,10H2. The van der Waals surface area contributed by atoms with E-state index in [9.17, 15) is 15.2 Å². The summed E-state index contributed by atoms with van der Waals surface area (Å²) >= 11 is 0. The first kappa shape index (κ1) is 12.2.